The summed E-state index contributed by atoms with van der Waals surface area (Å²) in [6.45, 7) is 5.99. The lowest BCUT2D eigenvalue weighted by atomic mass is 10.2. The summed E-state index contributed by atoms with van der Waals surface area (Å²) in [6.07, 6.45) is 0. The van der Waals surface area contributed by atoms with Crippen molar-refractivity contribution in [3.05, 3.63) is 47.3 Å². The van der Waals surface area contributed by atoms with E-state index in [0.717, 1.165) is 12.2 Å². The number of hydrogen-bond acceptors (Lipinski definition) is 4. The Bertz CT molecular complexity index is 667. The fourth-order valence-electron chi connectivity index (χ4n) is 2.10. The molecule has 0 aliphatic rings. The van der Waals surface area contributed by atoms with Gasteiger partial charge in [0, 0.05) is 25.3 Å². The van der Waals surface area contributed by atoms with Crippen LogP contribution < -0.4 is 9.62 Å². The molecule has 2 rings (SSSR count). The van der Waals surface area contributed by atoms with Crippen molar-refractivity contribution in [2.24, 2.45) is 0 Å². The number of nitrogens with one attached hydrogen (secondary N) is 1. The van der Waals surface area contributed by atoms with Crippen molar-refractivity contribution in [1.29, 1.82) is 0 Å². The van der Waals surface area contributed by atoms with Gasteiger partial charge in [0.15, 0.2) is 0 Å². The summed E-state index contributed by atoms with van der Waals surface area (Å²) in [6, 6.07) is 11.6. The molecule has 1 heterocycles. The Morgan fingerprint density at radius 1 is 1.24 bits per heavy atom. The monoisotopic (exact) mass is 324 g/mol. The summed E-state index contributed by atoms with van der Waals surface area (Å²) >= 11 is 1.23. The second-order valence-electron chi connectivity index (χ2n) is 4.75. The molecule has 1 aromatic heterocycles. The van der Waals surface area contributed by atoms with Crippen LogP contribution in [0.3, 0.4) is 0 Å². The number of thiophene rings is 1. The van der Waals surface area contributed by atoms with Gasteiger partial charge < -0.3 is 4.90 Å². The van der Waals surface area contributed by atoms with Crippen LogP contribution in [-0.4, -0.2) is 28.1 Å². The summed E-state index contributed by atoms with van der Waals surface area (Å²) in [4.78, 5) is 2.16. The number of hydrogen-bond donors (Lipinski definition) is 1. The van der Waals surface area contributed by atoms with Gasteiger partial charge in [-0.3, -0.25) is 0 Å². The first kappa shape index (κ1) is 16.0. The summed E-state index contributed by atoms with van der Waals surface area (Å²) in [5.41, 5.74) is 2.32. The highest BCUT2D eigenvalue weighted by molar-refractivity contribution is 7.91. The van der Waals surface area contributed by atoms with Crippen LogP contribution in [0.15, 0.2) is 46.0 Å². The van der Waals surface area contributed by atoms with Gasteiger partial charge in [-0.15, -0.1) is 11.3 Å². The van der Waals surface area contributed by atoms with Crippen LogP contribution in [0.2, 0.25) is 0 Å². The van der Waals surface area contributed by atoms with Crippen molar-refractivity contribution >= 4 is 27.0 Å². The molecule has 1 aromatic carbocycles. The van der Waals surface area contributed by atoms with Gasteiger partial charge in [0.1, 0.15) is 4.21 Å². The normalized spacial score (nSPS) is 11.5. The predicted molar refractivity (Wildman–Crippen MR) is 88.6 cm³/mol. The second kappa shape index (κ2) is 7.06. The third-order valence-corrected chi connectivity index (χ3v) is 6.04. The number of rotatable bonds is 7. The Kier molecular flexibility index (Phi) is 5.39. The van der Waals surface area contributed by atoms with E-state index < -0.39 is 10.0 Å². The van der Waals surface area contributed by atoms with Crippen molar-refractivity contribution in [3.63, 3.8) is 0 Å². The minimum absolute atomic E-state index is 0.362. The number of anilines is 1. The molecule has 0 aliphatic heterocycles. The molecule has 0 radical (unpaired) electrons. The smallest absolute Gasteiger partial charge is 0.250 e. The zero-order valence-electron chi connectivity index (χ0n) is 12.2. The van der Waals surface area contributed by atoms with Gasteiger partial charge in [0.25, 0.3) is 0 Å². The lowest BCUT2D eigenvalue weighted by Crippen LogP contribution is -2.34. The molecular weight excluding hydrogens is 304 g/mol. The molecule has 21 heavy (non-hydrogen) atoms. The predicted octanol–water partition coefficient (Wildman–Crippen LogP) is 2.86. The standard InChI is InChI=1S/C15H20N2O2S2/c1-3-17(14-7-4-6-13(2)12-14)10-9-16-21(18,19)15-8-5-11-20-15/h4-8,11-12,16H,3,9-10H2,1-2H3. The lowest BCUT2D eigenvalue weighted by Gasteiger charge is -2.23. The number of benzene rings is 1. The van der Waals surface area contributed by atoms with Crippen LogP contribution in [0.4, 0.5) is 5.69 Å². The Labute approximate surface area is 130 Å². The Hall–Kier alpha value is -1.37. The van der Waals surface area contributed by atoms with Crippen molar-refractivity contribution in [1.82, 2.24) is 4.72 Å². The molecule has 6 heteroatoms. The second-order valence-corrected chi connectivity index (χ2v) is 7.69. The van der Waals surface area contributed by atoms with Gasteiger partial charge in [-0.25, -0.2) is 13.1 Å². The first-order chi connectivity index (χ1) is 10.0. The molecule has 1 N–H and O–H groups in total. The molecule has 2 aromatic rings. The third kappa shape index (κ3) is 4.30. The number of aryl methyl sites for hydroxylation is 1. The Balaban J connectivity index is 1.95. The van der Waals surface area contributed by atoms with Gasteiger partial charge in [-0.1, -0.05) is 18.2 Å². The highest BCUT2D eigenvalue weighted by atomic mass is 32.2. The average molecular weight is 324 g/mol. The zero-order chi connectivity index (χ0) is 15.3. The molecule has 0 saturated heterocycles. The highest BCUT2D eigenvalue weighted by Crippen LogP contribution is 2.16. The Morgan fingerprint density at radius 3 is 2.67 bits per heavy atom. The molecular formula is C15H20N2O2S2. The molecule has 0 spiro atoms. The maximum Gasteiger partial charge on any atom is 0.250 e. The van der Waals surface area contributed by atoms with E-state index >= 15 is 0 Å². The number of nitrogens with zero attached hydrogens (tertiary/aromatic N) is 1. The topological polar surface area (TPSA) is 49.4 Å². The van der Waals surface area contributed by atoms with Crippen LogP contribution in [0.1, 0.15) is 12.5 Å². The number of sulfonamides is 1. The molecule has 0 saturated carbocycles. The maximum absolute atomic E-state index is 12.0. The van der Waals surface area contributed by atoms with E-state index in [-0.39, 0.29) is 0 Å². The van der Waals surface area contributed by atoms with Gasteiger partial charge >= 0.3 is 0 Å². The molecule has 0 bridgehead atoms. The minimum atomic E-state index is -3.37. The fraction of sp³-hybridized carbons (Fsp3) is 0.333. The van der Waals surface area contributed by atoms with E-state index in [1.54, 1.807) is 17.5 Å². The van der Waals surface area contributed by atoms with E-state index in [9.17, 15) is 8.42 Å². The molecule has 4 nitrogen and oxygen atoms in total. The molecule has 114 valence electrons. The van der Waals surface area contributed by atoms with Crippen molar-refractivity contribution in [2.75, 3.05) is 24.5 Å². The van der Waals surface area contributed by atoms with E-state index in [1.807, 2.05) is 12.1 Å². The Morgan fingerprint density at radius 2 is 2.05 bits per heavy atom. The van der Waals surface area contributed by atoms with Crippen molar-refractivity contribution < 1.29 is 8.42 Å². The van der Waals surface area contributed by atoms with Crippen molar-refractivity contribution in [2.45, 2.75) is 18.1 Å². The highest BCUT2D eigenvalue weighted by Gasteiger charge is 2.14. The first-order valence-corrected chi connectivity index (χ1v) is 9.24. The van der Waals surface area contributed by atoms with E-state index in [0.29, 0.717) is 17.3 Å². The van der Waals surface area contributed by atoms with E-state index in [4.69, 9.17) is 0 Å². The number of likely N-dealkylation sites (N-methyl/N-ethyl adjacent to an activating group) is 1. The van der Waals surface area contributed by atoms with Gasteiger partial charge in [0.2, 0.25) is 10.0 Å². The van der Waals surface area contributed by atoms with Crippen LogP contribution >= 0.6 is 11.3 Å². The van der Waals surface area contributed by atoms with Gasteiger partial charge in [-0.05, 0) is 43.0 Å². The molecule has 0 fully saturated rings. The molecule has 0 aliphatic carbocycles. The van der Waals surface area contributed by atoms with Crippen LogP contribution in [0.25, 0.3) is 0 Å². The fourth-order valence-corrected chi connectivity index (χ4v) is 4.16. The van der Waals surface area contributed by atoms with Crippen LogP contribution in [0, 0.1) is 6.92 Å². The summed E-state index contributed by atoms with van der Waals surface area (Å²) in [5, 5.41) is 1.76. The SMILES string of the molecule is CCN(CCNS(=O)(=O)c1cccs1)c1cccc(C)c1. The first-order valence-electron chi connectivity index (χ1n) is 6.87. The van der Waals surface area contributed by atoms with Crippen LogP contribution in [-0.2, 0) is 10.0 Å². The minimum Gasteiger partial charge on any atom is -0.370 e. The largest absolute Gasteiger partial charge is 0.370 e. The molecule has 0 atom stereocenters. The van der Waals surface area contributed by atoms with Crippen molar-refractivity contribution in [3.8, 4) is 0 Å². The molecule has 0 amide bonds. The lowest BCUT2D eigenvalue weighted by molar-refractivity contribution is 0.583. The average Bonchev–Trinajstić information content (AvgIpc) is 2.98. The van der Waals surface area contributed by atoms with E-state index in [2.05, 4.69) is 35.6 Å². The maximum atomic E-state index is 12.0. The van der Waals surface area contributed by atoms with E-state index in [1.165, 1.54) is 16.9 Å². The zero-order valence-corrected chi connectivity index (χ0v) is 13.9. The third-order valence-electron chi connectivity index (χ3n) is 3.18. The summed E-state index contributed by atoms with van der Waals surface area (Å²) < 4.78 is 27.1. The summed E-state index contributed by atoms with van der Waals surface area (Å²) in [5.74, 6) is 0. The van der Waals surface area contributed by atoms with Crippen LogP contribution in [0.5, 0.6) is 0 Å². The van der Waals surface area contributed by atoms with Gasteiger partial charge in [-0.2, -0.15) is 0 Å². The quantitative estimate of drug-likeness (QED) is 0.852. The summed E-state index contributed by atoms with van der Waals surface area (Å²) in [7, 11) is -3.37. The molecule has 0 unspecified atom stereocenters. The van der Waals surface area contributed by atoms with Gasteiger partial charge in [0.05, 0.1) is 0 Å².